The van der Waals surface area contributed by atoms with E-state index in [1.165, 1.54) is 12.1 Å². The summed E-state index contributed by atoms with van der Waals surface area (Å²) in [5.74, 6) is -0.0835. The summed E-state index contributed by atoms with van der Waals surface area (Å²) in [6, 6.07) is 3.75. The third-order valence-electron chi connectivity index (χ3n) is 1.87. The SMILES string of the molecule is FC(F)(F)c1cc(Br)ccc1-c1nn[nH]n1. The Morgan fingerprint density at radius 2 is 2.00 bits per heavy atom. The van der Waals surface area contributed by atoms with Crippen molar-refractivity contribution >= 4 is 15.9 Å². The molecule has 0 saturated carbocycles. The maximum atomic E-state index is 12.7. The van der Waals surface area contributed by atoms with E-state index >= 15 is 0 Å². The van der Waals surface area contributed by atoms with Crippen molar-refractivity contribution < 1.29 is 13.2 Å². The minimum atomic E-state index is -4.46. The summed E-state index contributed by atoms with van der Waals surface area (Å²) in [6.07, 6.45) is -4.46. The number of nitrogens with zero attached hydrogens (tertiary/aromatic N) is 3. The molecule has 0 amide bonds. The number of nitrogens with one attached hydrogen (secondary N) is 1. The first-order valence-corrected chi connectivity index (χ1v) is 4.88. The minimum Gasteiger partial charge on any atom is -0.177 e. The molecule has 1 heterocycles. The van der Waals surface area contributed by atoms with E-state index in [2.05, 4.69) is 36.6 Å². The lowest BCUT2D eigenvalue weighted by atomic mass is 10.1. The van der Waals surface area contributed by atoms with Gasteiger partial charge >= 0.3 is 6.18 Å². The maximum absolute atomic E-state index is 12.7. The lowest BCUT2D eigenvalue weighted by Gasteiger charge is -2.10. The Hall–Kier alpha value is -1.44. The first-order valence-electron chi connectivity index (χ1n) is 4.09. The molecule has 84 valence electrons. The normalized spacial score (nSPS) is 11.8. The van der Waals surface area contributed by atoms with Crippen LogP contribution in [0, 0.1) is 0 Å². The molecule has 0 spiro atoms. The number of benzene rings is 1. The van der Waals surface area contributed by atoms with Gasteiger partial charge in [0.25, 0.3) is 0 Å². The largest absolute Gasteiger partial charge is 0.417 e. The van der Waals surface area contributed by atoms with Crippen molar-refractivity contribution in [3.63, 3.8) is 0 Å². The lowest BCUT2D eigenvalue weighted by Crippen LogP contribution is -2.07. The Kier molecular flexibility index (Phi) is 2.66. The Morgan fingerprint density at radius 3 is 2.56 bits per heavy atom. The molecule has 0 aliphatic heterocycles. The summed E-state index contributed by atoms with van der Waals surface area (Å²) in [7, 11) is 0. The third-order valence-corrected chi connectivity index (χ3v) is 2.37. The van der Waals surface area contributed by atoms with Crippen LogP contribution in [0.3, 0.4) is 0 Å². The topological polar surface area (TPSA) is 54.5 Å². The highest BCUT2D eigenvalue weighted by atomic mass is 79.9. The van der Waals surface area contributed by atoms with Crippen LogP contribution >= 0.6 is 15.9 Å². The predicted octanol–water partition coefficient (Wildman–Crippen LogP) is 2.65. The second kappa shape index (κ2) is 3.85. The van der Waals surface area contributed by atoms with Gasteiger partial charge in [-0.2, -0.15) is 18.4 Å². The summed E-state index contributed by atoms with van der Waals surface area (Å²) in [6.45, 7) is 0. The highest BCUT2D eigenvalue weighted by Gasteiger charge is 2.34. The maximum Gasteiger partial charge on any atom is 0.417 e. The summed E-state index contributed by atoms with van der Waals surface area (Å²) < 4.78 is 38.5. The Labute approximate surface area is 96.0 Å². The number of hydrogen-bond acceptors (Lipinski definition) is 3. The molecule has 2 aromatic rings. The van der Waals surface area contributed by atoms with Gasteiger partial charge in [-0.25, -0.2) is 0 Å². The van der Waals surface area contributed by atoms with E-state index in [9.17, 15) is 13.2 Å². The first-order chi connectivity index (χ1) is 7.48. The highest BCUT2D eigenvalue weighted by molar-refractivity contribution is 9.10. The van der Waals surface area contributed by atoms with Crippen LogP contribution in [0.5, 0.6) is 0 Å². The molecule has 1 N–H and O–H groups in total. The fourth-order valence-corrected chi connectivity index (χ4v) is 1.58. The van der Waals surface area contributed by atoms with Crippen LogP contribution in [0.25, 0.3) is 11.4 Å². The van der Waals surface area contributed by atoms with Gasteiger partial charge < -0.3 is 0 Å². The monoisotopic (exact) mass is 292 g/mol. The zero-order valence-corrected chi connectivity index (χ0v) is 9.17. The van der Waals surface area contributed by atoms with Crippen molar-refractivity contribution in [2.75, 3.05) is 0 Å². The van der Waals surface area contributed by atoms with Gasteiger partial charge in [-0.15, -0.1) is 10.2 Å². The van der Waals surface area contributed by atoms with Crippen molar-refractivity contribution in [3.8, 4) is 11.4 Å². The standard InChI is InChI=1S/C8H4BrF3N4/c9-4-1-2-5(7-13-15-16-14-7)6(3-4)8(10,11)12/h1-3H,(H,13,14,15,16). The number of aromatic nitrogens is 4. The molecule has 0 bridgehead atoms. The molecule has 1 aromatic carbocycles. The van der Waals surface area contributed by atoms with Gasteiger partial charge in [0.15, 0.2) is 0 Å². The van der Waals surface area contributed by atoms with Crippen LogP contribution in [-0.2, 0) is 6.18 Å². The van der Waals surface area contributed by atoms with Gasteiger partial charge in [0.2, 0.25) is 5.82 Å². The lowest BCUT2D eigenvalue weighted by molar-refractivity contribution is -0.137. The van der Waals surface area contributed by atoms with E-state index in [-0.39, 0.29) is 11.4 Å². The van der Waals surface area contributed by atoms with Gasteiger partial charge in [-0.1, -0.05) is 15.9 Å². The van der Waals surface area contributed by atoms with Crippen molar-refractivity contribution in [2.24, 2.45) is 0 Å². The predicted molar refractivity (Wildman–Crippen MR) is 52.3 cm³/mol. The fraction of sp³-hybridized carbons (Fsp3) is 0.125. The van der Waals surface area contributed by atoms with Gasteiger partial charge in [0.05, 0.1) is 5.56 Å². The minimum absolute atomic E-state index is 0.0835. The molecule has 16 heavy (non-hydrogen) atoms. The van der Waals surface area contributed by atoms with Crippen molar-refractivity contribution in [1.29, 1.82) is 0 Å². The quantitative estimate of drug-likeness (QED) is 0.879. The number of rotatable bonds is 1. The van der Waals surface area contributed by atoms with Crippen molar-refractivity contribution in [2.45, 2.75) is 6.18 Å². The van der Waals surface area contributed by atoms with E-state index in [0.29, 0.717) is 4.47 Å². The first kappa shape index (κ1) is 11.1. The van der Waals surface area contributed by atoms with Crippen LogP contribution in [0.15, 0.2) is 22.7 Å². The van der Waals surface area contributed by atoms with Crippen molar-refractivity contribution in [1.82, 2.24) is 20.6 Å². The molecule has 0 aliphatic rings. The summed E-state index contributed by atoms with van der Waals surface area (Å²) in [5, 5.41) is 12.4. The molecule has 1 aromatic heterocycles. The number of H-pyrrole nitrogens is 1. The molecule has 0 unspecified atom stereocenters. The summed E-state index contributed by atoms with van der Waals surface area (Å²) >= 11 is 2.99. The van der Waals surface area contributed by atoms with Gasteiger partial charge in [0, 0.05) is 10.0 Å². The van der Waals surface area contributed by atoms with Crippen LogP contribution in [0.4, 0.5) is 13.2 Å². The molecule has 8 heteroatoms. The van der Waals surface area contributed by atoms with E-state index < -0.39 is 11.7 Å². The smallest absolute Gasteiger partial charge is 0.177 e. The number of aromatic amines is 1. The zero-order chi connectivity index (χ0) is 11.8. The molecule has 0 aliphatic carbocycles. The van der Waals surface area contributed by atoms with Crippen LogP contribution in [0.2, 0.25) is 0 Å². The average Bonchev–Trinajstić information content (AvgIpc) is 2.69. The second-order valence-electron chi connectivity index (χ2n) is 2.92. The molecule has 0 radical (unpaired) electrons. The average molecular weight is 293 g/mol. The summed E-state index contributed by atoms with van der Waals surface area (Å²) in [5.41, 5.74) is -0.910. The van der Waals surface area contributed by atoms with Gasteiger partial charge in [0.1, 0.15) is 0 Å². The number of halogens is 4. The molecule has 2 rings (SSSR count). The molecule has 0 saturated heterocycles. The molecular weight excluding hydrogens is 289 g/mol. The Bertz CT molecular complexity index is 494. The fourth-order valence-electron chi connectivity index (χ4n) is 1.22. The van der Waals surface area contributed by atoms with Crippen LogP contribution in [-0.4, -0.2) is 20.6 Å². The van der Waals surface area contributed by atoms with Crippen molar-refractivity contribution in [3.05, 3.63) is 28.2 Å². The van der Waals surface area contributed by atoms with Gasteiger partial charge in [-0.05, 0) is 23.4 Å². The summed E-state index contributed by atoms with van der Waals surface area (Å²) in [4.78, 5) is 0. The number of hydrogen-bond donors (Lipinski definition) is 1. The molecule has 0 atom stereocenters. The van der Waals surface area contributed by atoms with Crippen LogP contribution in [0.1, 0.15) is 5.56 Å². The third kappa shape index (κ3) is 2.06. The molecule has 0 fully saturated rings. The molecular formula is C8H4BrF3N4. The van der Waals surface area contributed by atoms with E-state index in [4.69, 9.17) is 0 Å². The Morgan fingerprint density at radius 1 is 1.25 bits per heavy atom. The van der Waals surface area contributed by atoms with E-state index in [0.717, 1.165) is 6.07 Å². The zero-order valence-electron chi connectivity index (χ0n) is 7.59. The Balaban J connectivity index is 2.62. The highest BCUT2D eigenvalue weighted by Crippen LogP contribution is 2.37. The second-order valence-corrected chi connectivity index (χ2v) is 3.84. The van der Waals surface area contributed by atoms with E-state index in [1.54, 1.807) is 0 Å². The van der Waals surface area contributed by atoms with E-state index in [1.807, 2.05) is 0 Å². The van der Waals surface area contributed by atoms with Gasteiger partial charge in [-0.3, -0.25) is 0 Å². The van der Waals surface area contributed by atoms with Crippen LogP contribution < -0.4 is 0 Å². The molecule has 4 nitrogen and oxygen atoms in total. The number of tetrazole rings is 1. The number of alkyl halides is 3.